The topological polar surface area (TPSA) is 24.9 Å². The first kappa shape index (κ1) is 20.9. The Kier molecular flexibility index (Phi) is 5.64. The van der Waals surface area contributed by atoms with E-state index in [1.54, 1.807) is 14.2 Å². The second-order valence-corrected chi connectivity index (χ2v) is 8.22. The molecular weight excluding hydrogens is 384 g/mol. The number of hydrogen-bond donors (Lipinski definition) is 0. The van der Waals surface area contributed by atoms with Crippen LogP contribution < -0.4 is 19.3 Å². The first-order chi connectivity index (χ1) is 15.0. The standard InChI is InChI=1S/C27H30N2O2/c1-28(2)22-15-13-18(20-9-7-11-24(30-5)26(20)22)17-19-14-16-23(29(3)4)27-21(19)10-8-12-25(27)31-6/h7-16H,17H2,1-6H3. The van der Waals surface area contributed by atoms with Gasteiger partial charge in [0.15, 0.2) is 0 Å². The van der Waals surface area contributed by atoms with Crippen molar-refractivity contribution in [2.75, 3.05) is 52.2 Å². The number of fused-ring (bicyclic) bond motifs is 2. The van der Waals surface area contributed by atoms with Crippen LogP contribution in [-0.2, 0) is 6.42 Å². The van der Waals surface area contributed by atoms with Crippen molar-refractivity contribution in [3.05, 3.63) is 71.8 Å². The Labute approximate surface area is 184 Å². The van der Waals surface area contributed by atoms with Crippen LogP contribution >= 0.6 is 0 Å². The van der Waals surface area contributed by atoms with Crippen molar-refractivity contribution >= 4 is 32.9 Å². The summed E-state index contributed by atoms with van der Waals surface area (Å²) in [4.78, 5) is 4.28. The molecule has 4 aromatic rings. The highest BCUT2D eigenvalue weighted by atomic mass is 16.5. The number of hydrogen-bond acceptors (Lipinski definition) is 4. The zero-order valence-corrected chi connectivity index (χ0v) is 19.2. The molecule has 0 fully saturated rings. The molecule has 0 aliphatic carbocycles. The molecule has 0 atom stereocenters. The van der Waals surface area contributed by atoms with E-state index in [0.29, 0.717) is 0 Å². The Balaban J connectivity index is 1.93. The minimum atomic E-state index is 0.828. The molecule has 0 saturated carbocycles. The van der Waals surface area contributed by atoms with Crippen LogP contribution in [0, 0.1) is 0 Å². The van der Waals surface area contributed by atoms with E-state index >= 15 is 0 Å². The van der Waals surface area contributed by atoms with Crippen LogP contribution in [0.25, 0.3) is 21.5 Å². The number of methoxy groups -OCH3 is 2. The highest BCUT2D eigenvalue weighted by Crippen LogP contribution is 2.39. The minimum Gasteiger partial charge on any atom is -0.496 e. The average molecular weight is 415 g/mol. The fraction of sp³-hybridized carbons (Fsp3) is 0.259. The molecule has 0 spiro atoms. The predicted octanol–water partition coefficient (Wildman–Crippen LogP) is 5.73. The van der Waals surface area contributed by atoms with Gasteiger partial charge in [-0.05, 0) is 52.6 Å². The fourth-order valence-corrected chi connectivity index (χ4v) is 4.43. The summed E-state index contributed by atoms with van der Waals surface area (Å²) in [6.45, 7) is 0. The molecule has 160 valence electrons. The Morgan fingerprint density at radius 3 is 1.35 bits per heavy atom. The van der Waals surface area contributed by atoms with E-state index in [0.717, 1.165) is 40.1 Å². The monoisotopic (exact) mass is 414 g/mol. The minimum absolute atomic E-state index is 0.828. The molecule has 4 nitrogen and oxygen atoms in total. The van der Waals surface area contributed by atoms with E-state index in [4.69, 9.17) is 9.47 Å². The lowest BCUT2D eigenvalue weighted by Gasteiger charge is -2.21. The van der Waals surface area contributed by atoms with Gasteiger partial charge in [-0.1, -0.05) is 36.4 Å². The van der Waals surface area contributed by atoms with Gasteiger partial charge in [0.2, 0.25) is 0 Å². The van der Waals surface area contributed by atoms with Gasteiger partial charge in [-0.2, -0.15) is 0 Å². The summed E-state index contributed by atoms with van der Waals surface area (Å²) in [6.07, 6.45) is 0.828. The Hall–Kier alpha value is -3.40. The molecule has 4 heteroatoms. The molecule has 31 heavy (non-hydrogen) atoms. The quantitative estimate of drug-likeness (QED) is 0.402. The van der Waals surface area contributed by atoms with E-state index in [1.165, 1.54) is 21.9 Å². The summed E-state index contributed by atoms with van der Waals surface area (Å²) in [7, 11) is 11.8. The maximum absolute atomic E-state index is 5.72. The largest absolute Gasteiger partial charge is 0.496 e. The fourth-order valence-electron chi connectivity index (χ4n) is 4.43. The van der Waals surface area contributed by atoms with Crippen molar-refractivity contribution in [2.45, 2.75) is 6.42 Å². The highest BCUT2D eigenvalue weighted by Gasteiger charge is 2.16. The zero-order valence-electron chi connectivity index (χ0n) is 19.2. The Morgan fingerprint density at radius 1 is 0.581 bits per heavy atom. The summed E-state index contributed by atoms with van der Waals surface area (Å²) in [6, 6.07) is 21.5. The molecule has 0 radical (unpaired) electrons. The van der Waals surface area contributed by atoms with Crippen LogP contribution in [0.4, 0.5) is 11.4 Å². The third-order valence-electron chi connectivity index (χ3n) is 5.93. The molecule has 0 amide bonds. The number of rotatable bonds is 6. The normalized spacial score (nSPS) is 11.0. The van der Waals surface area contributed by atoms with Crippen molar-refractivity contribution in [2.24, 2.45) is 0 Å². The number of ether oxygens (including phenoxy) is 2. The summed E-state index contributed by atoms with van der Waals surface area (Å²) in [5.41, 5.74) is 4.87. The summed E-state index contributed by atoms with van der Waals surface area (Å²) in [5, 5.41) is 4.75. The highest BCUT2D eigenvalue weighted by molar-refractivity contribution is 6.03. The van der Waals surface area contributed by atoms with Gasteiger partial charge in [0.1, 0.15) is 11.5 Å². The summed E-state index contributed by atoms with van der Waals surface area (Å²) < 4.78 is 11.4. The van der Waals surface area contributed by atoms with Gasteiger partial charge in [-0.15, -0.1) is 0 Å². The van der Waals surface area contributed by atoms with E-state index in [-0.39, 0.29) is 0 Å². The van der Waals surface area contributed by atoms with E-state index in [9.17, 15) is 0 Å². The van der Waals surface area contributed by atoms with E-state index in [2.05, 4.69) is 86.5 Å². The second-order valence-electron chi connectivity index (χ2n) is 8.22. The predicted molar refractivity (Wildman–Crippen MR) is 132 cm³/mol. The first-order valence-electron chi connectivity index (χ1n) is 10.5. The molecule has 0 aromatic heterocycles. The molecule has 0 bridgehead atoms. The Bertz CT molecular complexity index is 1150. The molecule has 0 saturated heterocycles. The van der Waals surface area contributed by atoms with Crippen LogP contribution in [0.15, 0.2) is 60.7 Å². The van der Waals surface area contributed by atoms with Gasteiger partial charge >= 0.3 is 0 Å². The van der Waals surface area contributed by atoms with Crippen LogP contribution in [-0.4, -0.2) is 42.4 Å². The van der Waals surface area contributed by atoms with Crippen LogP contribution in [0.1, 0.15) is 11.1 Å². The maximum Gasteiger partial charge on any atom is 0.128 e. The third-order valence-corrected chi connectivity index (χ3v) is 5.93. The van der Waals surface area contributed by atoms with Crippen LogP contribution in [0.5, 0.6) is 11.5 Å². The lowest BCUT2D eigenvalue weighted by atomic mass is 9.93. The van der Waals surface area contributed by atoms with Gasteiger partial charge in [0.25, 0.3) is 0 Å². The van der Waals surface area contributed by atoms with Crippen LogP contribution in [0.3, 0.4) is 0 Å². The molecule has 0 aliphatic heterocycles. The maximum atomic E-state index is 5.72. The SMILES string of the molecule is COc1cccc2c(Cc3ccc(N(C)C)c4c(OC)cccc34)ccc(N(C)C)c12. The molecule has 0 aliphatic rings. The average Bonchev–Trinajstić information content (AvgIpc) is 2.78. The van der Waals surface area contributed by atoms with Crippen LogP contribution in [0.2, 0.25) is 0 Å². The summed E-state index contributed by atoms with van der Waals surface area (Å²) in [5.74, 6) is 1.80. The first-order valence-corrected chi connectivity index (χ1v) is 10.5. The van der Waals surface area contributed by atoms with Crippen molar-refractivity contribution < 1.29 is 9.47 Å². The van der Waals surface area contributed by atoms with E-state index in [1.807, 2.05) is 12.1 Å². The lowest BCUT2D eigenvalue weighted by Crippen LogP contribution is -2.10. The van der Waals surface area contributed by atoms with Gasteiger partial charge < -0.3 is 19.3 Å². The molecule has 0 N–H and O–H groups in total. The molecule has 0 heterocycles. The molecule has 0 unspecified atom stereocenters. The van der Waals surface area contributed by atoms with Gasteiger partial charge in [0, 0.05) is 50.3 Å². The van der Waals surface area contributed by atoms with Gasteiger partial charge in [-0.25, -0.2) is 0 Å². The third kappa shape index (κ3) is 3.63. The van der Waals surface area contributed by atoms with E-state index < -0.39 is 0 Å². The number of anilines is 2. The summed E-state index contributed by atoms with van der Waals surface area (Å²) >= 11 is 0. The molecule has 4 aromatic carbocycles. The number of benzene rings is 4. The molecule has 4 rings (SSSR count). The van der Waals surface area contributed by atoms with Crippen molar-refractivity contribution in [1.29, 1.82) is 0 Å². The zero-order chi connectivity index (χ0) is 22.1. The number of nitrogens with zero attached hydrogens (tertiary/aromatic N) is 2. The molecular formula is C27H30N2O2. The Morgan fingerprint density at radius 2 is 1.00 bits per heavy atom. The van der Waals surface area contributed by atoms with Gasteiger partial charge in [-0.3, -0.25) is 0 Å². The lowest BCUT2D eigenvalue weighted by molar-refractivity contribution is 0.420. The second kappa shape index (κ2) is 8.38. The van der Waals surface area contributed by atoms with Crippen molar-refractivity contribution in [3.63, 3.8) is 0 Å². The van der Waals surface area contributed by atoms with Crippen molar-refractivity contribution in [3.8, 4) is 11.5 Å². The smallest absolute Gasteiger partial charge is 0.128 e. The van der Waals surface area contributed by atoms with Gasteiger partial charge in [0.05, 0.1) is 14.2 Å². The van der Waals surface area contributed by atoms with Crippen molar-refractivity contribution in [1.82, 2.24) is 0 Å².